The van der Waals surface area contributed by atoms with Gasteiger partial charge in [0.25, 0.3) is 0 Å². The first-order valence-electron chi connectivity index (χ1n) is 7.39. The Kier molecular flexibility index (Phi) is 5.52. The molecule has 2 rings (SSSR count). The molecule has 0 spiro atoms. The normalized spacial score (nSPS) is 27.9. The second-order valence-corrected chi connectivity index (χ2v) is 5.30. The summed E-state index contributed by atoms with van der Waals surface area (Å²) in [7, 11) is 0. The van der Waals surface area contributed by atoms with Crippen LogP contribution in [0.4, 0.5) is 0 Å². The Hall–Kier alpha value is -1.22. The molecule has 2 aliphatic heterocycles. The van der Waals surface area contributed by atoms with E-state index in [9.17, 15) is 0 Å². The zero-order valence-electron chi connectivity index (χ0n) is 12.1. The van der Waals surface area contributed by atoms with E-state index in [1.807, 2.05) is 6.08 Å². The lowest BCUT2D eigenvalue weighted by Crippen LogP contribution is -2.08. The van der Waals surface area contributed by atoms with Crippen molar-refractivity contribution >= 4 is 11.9 Å². The Morgan fingerprint density at radius 2 is 2.26 bits per heavy atom. The van der Waals surface area contributed by atoms with Crippen molar-refractivity contribution in [1.82, 2.24) is 0 Å². The number of ether oxygens (including phenoxy) is 1. The minimum atomic E-state index is 0.428. The number of allylic oxidation sites excluding steroid dienone is 4. The predicted octanol–water partition coefficient (Wildman–Crippen LogP) is 4.06. The maximum absolute atomic E-state index is 5.67. The molecular weight excluding hydrogens is 236 g/mol. The van der Waals surface area contributed by atoms with Gasteiger partial charge in [0.2, 0.25) is 0 Å². The molecule has 19 heavy (non-hydrogen) atoms. The highest BCUT2D eigenvalue weighted by molar-refractivity contribution is 5.97. The molecule has 0 aliphatic carbocycles. The summed E-state index contributed by atoms with van der Waals surface area (Å²) in [4.78, 5) is 0. The van der Waals surface area contributed by atoms with Gasteiger partial charge < -0.3 is 4.74 Å². The van der Waals surface area contributed by atoms with Crippen LogP contribution in [0.3, 0.4) is 0 Å². The largest absolute Gasteiger partial charge is 0.378 e. The Balaban J connectivity index is 2.00. The lowest BCUT2D eigenvalue weighted by atomic mass is 9.98. The molecule has 0 amide bonds. The Bertz CT molecular complexity index is 412. The van der Waals surface area contributed by atoms with Crippen LogP contribution in [0.2, 0.25) is 0 Å². The molecule has 0 aromatic rings. The minimum absolute atomic E-state index is 0.428. The van der Waals surface area contributed by atoms with Crippen LogP contribution >= 0.6 is 0 Å². The highest BCUT2D eigenvalue weighted by atomic mass is 16.5. The Morgan fingerprint density at radius 1 is 1.37 bits per heavy atom. The highest BCUT2D eigenvalue weighted by Gasteiger charge is 2.16. The molecule has 0 bridgehead atoms. The van der Waals surface area contributed by atoms with Gasteiger partial charge in [-0.2, -0.15) is 10.2 Å². The van der Waals surface area contributed by atoms with Gasteiger partial charge in [-0.15, -0.1) is 0 Å². The number of nitrogens with zero attached hydrogens (tertiary/aromatic N) is 2. The number of hydrogen-bond donors (Lipinski definition) is 0. The zero-order valence-corrected chi connectivity index (χ0v) is 12.1. The third-order valence-corrected chi connectivity index (χ3v) is 3.69. The van der Waals surface area contributed by atoms with Gasteiger partial charge in [0, 0.05) is 12.8 Å². The van der Waals surface area contributed by atoms with Crippen molar-refractivity contribution in [3.05, 3.63) is 23.3 Å². The van der Waals surface area contributed by atoms with E-state index in [-0.39, 0.29) is 0 Å². The van der Waals surface area contributed by atoms with Gasteiger partial charge in [0.05, 0.1) is 11.8 Å². The molecule has 2 heterocycles. The van der Waals surface area contributed by atoms with Crippen molar-refractivity contribution in [1.29, 1.82) is 0 Å². The second-order valence-electron chi connectivity index (χ2n) is 5.30. The third-order valence-electron chi connectivity index (χ3n) is 3.69. The average Bonchev–Trinajstić information content (AvgIpc) is 2.90. The van der Waals surface area contributed by atoms with Gasteiger partial charge in [-0.3, -0.25) is 0 Å². The molecule has 1 unspecified atom stereocenters. The van der Waals surface area contributed by atoms with Crippen molar-refractivity contribution in [2.45, 2.75) is 58.5 Å². The van der Waals surface area contributed by atoms with Crippen LogP contribution in [0.15, 0.2) is 33.5 Å². The molecule has 1 atom stereocenters. The molecular formula is C16H24N2O. The monoisotopic (exact) mass is 260 g/mol. The van der Waals surface area contributed by atoms with Crippen LogP contribution in [0.25, 0.3) is 0 Å². The topological polar surface area (TPSA) is 34.0 Å². The number of rotatable bonds is 5. The molecule has 1 fully saturated rings. The average molecular weight is 260 g/mol. The molecule has 2 aliphatic rings. The van der Waals surface area contributed by atoms with E-state index in [4.69, 9.17) is 4.74 Å². The van der Waals surface area contributed by atoms with E-state index in [0.29, 0.717) is 6.10 Å². The minimum Gasteiger partial charge on any atom is -0.378 e. The molecule has 0 radical (unpaired) electrons. The molecule has 0 saturated carbocycles. The van der Waals surface area contributed by atoms with Crippen molar-refractivity contribution in [2.75, 3.05) is 6.61 Å². The summed E-state index contributed by atoms with van der Waals surface area (Å²) in [5.74, 6) is 0. The smallest absolute Gasteiger partial charge is 0.0634 e. The van der Waals surface area contributed by atoms with Gasteiger partial charge in [0.15, 0.2) is 0 Å². The SMILES string of the molecule is CCCC1=C/C(CCC2CCCO2)=N\N=C\C=C1C. The lowest BCUT2D eigenvalue weighted by Gasteiger charge is -2.11. The van der Waals surface area contributed by atoms with E-state index in [2.05, 4.69) is 30.1 Å². The van der Waals surface area contributed by atoms with Gasteiger partial charge in [0.1, 0.15) is 0 Å². The van der Waals surface area contributed by atoms with Crippen LogP contribution in [-0.2, 0) is 4.74 Å². The summed E-state index contributed by atoms with van der Waals surface area (Å²) in [6.45, 7) is 5.29. The fraction of sp³-hybridized carbons (Fsp3) is 0.625. The highest BCUT2D eigenvalue weighted by Crippen LogP contribution is 2.20. The first kappa shape index (κ1) is 14.2. The summed E-state index contributed by atoms with van der Waals surface area (Å²) < 4.78 is 5.67. The summed E-state index contributed by atoms with van der Waals surface area (Å²) in [6.07, 6.45) is 13.2. The summed E-state index contributed by atoms with van der Waals surface area (Å²) in [5.41, 5.74) is 3.78. The lowest BCUT2D eigenvalue weighted by molar-refractivity contribution is 0.106. The second kappa shape index (κ2) is 7.39. The van der Waals surface area contributed by atoms with E-state index >= 15 is 0 Å². The quantitative estimate of drug-likeness (QED) is 0.734. The van der Waals surface area contributed by atoms with Crippen LogP contribution in [0, 0.1) is 0 Å². The first-order chi connectivity index (χ1) is 9.29. The predicted molar refractivity (Wildman–Crippen MR) is 80.9 cm³/mol. The molecule has 3 nitrogen and oxygen atoms in total. The van der Waals surface area contributed by atoms with E-state index < -0.39 is 0 Å². The fourth-order valence-electron chi connectivity index (χ4n) is 2.55. The molecule has 1 saturated heterocycles. The van der Waals surface area contributed by atoms with Gasteiger partial charge in [-0.1, -0.05) is 13.3 Å². The summed E-state index contributed by atoms with van der Waals surface area (Å²) >= 11 is 0. The summed E-state index contributed by atoms with van der Waals surface area (Å²) in [6, 6.07) is 0. The molecule has 0 aromatic heterocycles. The standard InChI is InChI=1S/C16H24N2O/c1-3-5-14-12-15(18-17-10-9-13(14)2)7-8-16-6-4-11-19-16/h9-10,12,16H,3-8,11H2,1-2H3/b10-9?,13-9?,14-12?,14-13?,15-12?,17-10+,18-15-,18-17?. The van der Waals surface area contributed by atoms with Crippen molar-refractivity contribution in [2.24, 2.45) is 10.2 Å². The maximum atomic E-state index is 5.67. The zero-order chi connectivity index (χ0) is 13.5. The Labute approximate surface area is 116 Å². The molecule has 3 heteroatoms. The molecule has 0 N–H and O–H groups in total. The van der Waals surface area contributed by atoms with Crippen LogP contribution < -0.4 is 0 Å². The van der Waals surface area contributed by atoms with Crippen LogP contribution in [0.1, 0.15) is 52.4 Å². The number of hydrogen-bond acceptors (Lipinski definition) is 3. The van der Waals surface area contributed by atoms with E-state index in [1.165, 1.54) is 24.0 Å². The van der Waals surface area contributed by atoms with E-state index in [0.717, 1.165) is 38.0 Å². The maximum Gasteiger partial charge on any atom is 0.0634 e. The van der Waals surface area contributed by atoms with Crippen molar-refractivity contribution in [3.8, 4) is 0 Å². The van der Waals surface area contributed by atoms with Crippen molar-refractivity contribution in [3.63, 3.8) is 0 Å². The summed E-state index contributed by atoms with van der Waals surface area (Å²) in [5, 5.41) is 8.42. The van der Waals surface area contributed by atoms with Crippen LogP contribution in [-0.4, -0.2) is 24.6 Å². The van der Waals surface area contributed by atoms with E-state index in [1.54, 1.807) is 6.21 Å². The fourth-order valence-corrected chi connectivity index (χ4v) is 2.55. The van der Waals surface area contributed by atoms with Gasteiger partial charge >= 0.3 is 0 Å². The molecule has 104 valence electrons. The Morgan fingerprint density at radius 3 is 3.00 bits per heavy atom. The third kappa shape index (κ3) is 4.43. The van der Waals surface area contributed by atoms with Gasteiger partial charge in [-0.05, 0) is 62.3 Å². The first-order valence-corrected chi connectivity index (χ1v) is 7.39. The molecule has 0 aromatic carbocycles. The van der Waals surface area contributed by atoms with Crippen molar-refractivity contribution < 1.29 is 4.74 Å². The van der Waals surface area contributed by atoms with Crippen LogP contribution in [0.5, 0.6) is 0 Å². The van der Waals surface area contributed by atoms with Gasteiger partial charge in [-0.25, -0.2) is 0 Å².